The van der Waals surface area contributed by atoms with Gasteiger partial charge in [0.05, 0.1) is 0 Å². The van der Waals surface area contributed by atoms with Crippen molar-refractivity contribution in [1.29, 1.82) is 0 Å². The SMILES string of the molecule is CCc1cccc2c1[C@@H](N)CCS2. The zero-order valence-electron chi connectivity index (χ0n) is 7.92. The van der Waals surface area contributed by atoms with Crippen LogP contribution in [-0.4, -0.2) is 5.75 Å². The lowest BCUT2D eigenvalue weighted by molar-refractivity contribution is 0.671. The van der Waals surface area contributed by atoms with Crippen LogP contribution in [0.1, 0.15) is 30.5 Å². The Morgan fingerprint density at radius 2 is 2.38 bits per heavy atom. The van der Waals surface area contributed by atoms with E-state index in [0.29, 0.717) is 0 Å². The van der Waals surface area contributed by atoms with E-state index in [0.717, 1.165) is 12.8 Å². The van der Waals surface area contributed by atoms with Crippen molar-refractivity contribution >= 4 is 11.8 Å². The van der Waals surface area contributed by atoms with Gasteiger partial charge >= 0.3 is 0 Å². The summed E-state index contributed by atoms with van der Waals surface area (Å²) in [5, 5.41) is 0. The summed E-state index contributed by atoms with van der Waals surface area (Å²) in [4.78, 5) is 1.40. The second-order valence-electron chi connectivity index (χ2n) is 3.43. The summed E-state index contributed by atoms with van der Waals surface area (Å²) >= 11 is 1.94. The van der Waals surface area contributed by atoms with Gasteiger partial charge in [0.2, 0.25) is 0 Å². The predicted molar refractivity (Wildman–Crippen MR) is 58.1 cm³/mol. The van der Waals surface area contributed by atoms with Crippen LogP contribution in [0.5, 0.6) is 0 Å². The Kier molecular flexibility index (Phi) is 2.61. The molecule has 0 aromatic heterocycles. The number of nitrogens with two attached hydrogens (primary N) is 1. The highest BCUT2D eigenvalue weighted by Gasteiger charge is 2.19. The molecule has 1 heterocycles. The largest absolute Gasteiger partial charge is 0.324 e. The van der Waals surface area contributed by atoms with Crippen molar-refractivity contribution in [2.75, 3.05) is 5.75 Å². The van der Waals surface area contributed by atoms with E-state index in [9.17, 15) is 0 Å². The number of aryl methyl sites for hydroxylation is 1. The topological polar surface area (TPSA) is 26.0 Å². The lowest BCUT2D eigenvalue weighted by Gasteiger charge is -2.24. The van der Waals surface area contributed by atoms with Crippen LogP contribution in [0.15, 0.2) is 23.1 Å². The zero-order valence-corrected chi connectivity index (χ0v) is 8.73. The highest BCUT2D eigenvalue weighted by Crippen LogP contribution is 2.36. The lowest BCUT2D eigenvalue weighted by atomic mass is 9.97. The van der Waals surface area contributed by atoms with Gasteiger partial charge in [-0.25, -0.2) is 0 Å². The van der Waals surface area contributed by atoms with Crippen molar-refractivity contribution in [1.82, 2.24) is 0 Å². The van der Waals surface area contributed by atoms with Gasteiger partial charge in [0.25, 0.3) is 0 Å². The Morgan fingerprint density at radius 3 is 3.15 bits per heavy atom. The third-order valence-electron chi connectivity index (χ3n) is 2.59. The van der Waals surface area contributed by atoms with E-state index < -0.39 is 0 Å². The van der Waals surface area contributed by atoms with Crippen LogP contribution in [0.25, 0.3) is 0 Å². The number of hydrogen-bond acceptors (Lipinski definition) is 2. The first-order chi connectivity index (χ1) is 6.33. The molecule has 0 amide bonds. The summed E-state index contributed by atoms with van der Waals surface area (Å²) in [5.74, 6) is 1.17. The maximum absolute atomic E-state index is 6.11. The van der Waals surface area contributed by atoms with Crippen molar-refractivity contribution in [2.45, 2.75) is 30.7 Å². The number of benzene rings is 1. The van der Waals surface area contributed by atoms with Gasteiger partial charge in [-0.1, -0.05) is 19.1 Å². The Hall–Kier alpha value is -0.470. The van der Waals surface area contributed by atoms with Crippen LogP contribution >= 0.6 is 11.8 Å². The molecule has 1 aliphatic heterocycles. The molecule has 2 rings (SSSR count). The van der Waals surface area contributed by atoms with Gasteiger partial charge in [0.15, 0.2) is 0 Å². The number of thioether (sulfide) groups is 1. The Bertz CT molecular complexity index is 295. The van der Waals surface area contributed by atoms with E-state index in [1.54, 1.807) is 0 Å². The van der Waals surface area contributed by atoms with Gasteiger partial charge in [0, 0.05) is 10.9 Å². The molecule has 1 aliphatic rings. The molecule has 0 bridgehead atoms. The lowest BCUT2D eigenvalue weighted by Crippen LogP contribution is -2.17. The highest BCUT2D eigenvalue weighted by atomic mass is 32.2. The molecule has 1 nitrogen and oxygen atoms in total. The summed E-state index contributed by atoms with van der Waals surface area (Å²) in [7, 11) is 0. The molecule has 0 radical (unpaired) electrons. The molecule has 0 spiro atoms. The Balaban J connectivity index is 2.50. The first-order valence-electron chi connectivity index (χ1n) is 4.83. The van der Waals surface area contributed by atoms with Crippen LogP contribution in [0, 0.1) is 0 Å². The molecular weight excluding hydrogens is 178 g/mol. The summed E-state index contributed by atoms with van der Waals surface area (Å²) in [5.41, 5.74) is 8.94. The molecule has 2 heteroatoms. The van der Waals surface area contributed by atoms with Crippen molar-refractivity contribution in [2.24, 2.45) is 5.73 Å². The first-order valence-corrected chi connectivity index (χ1v) is 5.81. The maximum atomic E-state index is 6.11. The minimum absolute atomic E-state index is 0.271. The third kappa shape index (κ3) is 1.61. The molecule has 0 unspecified atom stereocenters. The van der Waals surface area contributed by atoms with Crippen molar-refractivity contribution in [3.8, 4) is 0 Å². The molecule has 1 aromatic carbocycles. The highest BCUT2D eigenvalue weighted by molar-refractivity contribution is 7.99. The summed E-state index contributed by atoms with van der Waals surface area (Å²) in [6.07, 6.45) is 2.21. The van der Waals surface area contributed by atoms with Crippen molar-refractivity contribution in [3.05, 3.63) is 29.3 Å². The number of fused-ring (bicyclic) bond motifs is 1. The zero-order chi connectivity index (χ0) is 9.26. The van der Waals surface area contributed by atoms with Crippen LogP contribution in [-0.2, 0) is 6.42 Å². The van der Waals surface area contributed by atoms with E-state index in [1.807, 2.05) is 11.8 Å². The fraction of sp³-hybridized carbons (Fsp3) is 0.455. The third-order valence-corrected chi connectivity index (χ3v) is 3.70. The summed E-state index contributed by atoms with van der Waals surface area (Å²) in [6.45, 7) is 2.20. The molecular formula is C11H15NS. The monoisotopic (exact) mass is 193 g/mol. The second kappa shape index (κ2) is 3.72. The van der Waals surface area contributed by atoms with Gasteiger partial charge < -0.3 is 5.73 Å². The quantitative estimate of drug-likeness (QED) is 0.742. The Morgan fingerprint density at radius 1 is 1.54 bits per heavy atom. The van der Waals surface area contributed by atoms with E-state index in [4.69, 9.17) is 5.73 Å². The molecule has 0 saturated heterocycles. The number of rotatable bonds is 1. The molecule has 13 heavy (non-hydrogen) atoms. The number of hydrogen-bond donors (Lipinski definition) is 1. The minimum Gasteiger partial charge on any atom is -0.324 e. The normalized spacial score (nSPS) is 21.2. The van der Waals surface area contributed by atoms with Gasteiger partial charge in [-0.15, -0.1) is 11.8 Å². The molecule has 1 atom stereocenters. The first kappa shape index (κ1) is 9.10. The van der Waals surface area contributed by atoms with Crippen LogP contribution in [0.3, 0.4) is 0 Å². The minimum atomic E-state index is 0.271. The predicted octanol–water partition coefficient (Wildman–Crippen LogP) is 2.74. The van der Waals surface area contributed by atoms with Gasteiger partial charge in [-0.2, -0.15) is 0 Å². The molecule has 70 valence electrons. The molecule has 0 fully saturated rings. The van der Waals surface area contributed by atoms with Crippen LogP contribution in [0.4, 0.5) is 0 Å². The van der Waals surface area contributed by atoms with Gasteiger partial charge in [-0.3, -0.25) is 0 Å². The van der Waals surface area contributed by atoms with E-state index in [2.05, 4.69) is 25.1 Å². The maximum Gasteiger partial charge on any atom is 0.0316 e. The summed E-state index contributed by atoms with van der Waals surface area (Å²) in [6, 6.07) is 6.80. The molecule has 0 saturated carbocycles. The molecule has 1 aromatic rings. The average molecular weight is 193 g/mol. The molecule has 2 N–H and O–H groups in total. The smallest absolute Gasteiger partial charge is 0.0316 e. The van der Waals surface area contributed by atoms with Gasteiger partial charge in [-0.05, 0) is 35.8 Å². The fourth-order valence-corrected chi connectivity index (χ4v) is 3.09. The standard InChI is InChI=1S/C11H15NS/c1-2-8-4-3-5-10-11(8)9(12)6-7-13-10/h3-5,9H,2,6-7,12H2,1H3/t9-/m0/s1. The molecule has 0 aliphatic carbocycles. The van der Waals surface area contributed by atoms with E-state index in [-0.39, 0.29) is 6.04 Å². The van der Waals surface area contributed by atoms with Crippen molar-refractivity contribution in [3.63, 3.8) is 0 Å². The van der Waals surface area contributed by atoms with Crippen molar-refractivity contribution < 1.29 is 0 Å². The van der Waals surface area contributed by atoms with Crippen LogP contribution < -0.4 is 5.73 Å². The van der Waals surface area contributed by atoms with Gasteiger partial charge in [0.1, 0.15) is 0 Å². The fourth-order valence-electron chi connectivity index (χ4n) is 1.88. The summed E-state index contributed by atoms with van der Waals surface area (Å²) < 4.78 is 0. The second-order valence-corrected chi connectivity index (χ2v) is 4.56. The van der Waals surface area contributed by atoms with E-state index >= 15 is 0 Å². The Labute approximate surface area is 83.7 Å². The van der Waals surface area contributed by atoms with Crippen LogP contribution in [0.2, 0.25) is 0 Å². The average Bonchev–Trinajstić information content (AvgIpc) is 2.17. The van der Waals surface area contributed by atoms with E-state index in [1.165, 1.54) is 21.8 Å².